The molecular formula is C20H18ClF3N8O3S. The zero-order valence-electron chi connectivity index (χ0n) is 18.4. The molecule has 16 heteroatoms. The van der Waals surface area contributed by atoms with Crippen molar-refractivity contribution in [2.24, 2.45) is 5.73 Å². The molecule has 11 nitrogen and oxygen atoms in total. The number of amides is 3. The smallest absolute Gasteiger partial charge is 0.370 e. The van der Waals surface area contributed by atoms with E-state index >= 15 is 0 Å². The molecule has 3 heterocycles. The largest absolute Gasteiger partial charge is 0.418 e. The monoisotopic (exact) mass is 542 g/mol. The summed E-state index contributed by atoms with van der Waals surface area (Å²) in [5.41, 5.74) is 3.99. The average Bonchev–Trinajstić information content (AvgIpc) is 3.30. The van der Waals surface area contributed by atoms with E-state index in [9.17, 15) is 27.6 Å². The van der Waals surface area contributed by atoms with Gasteiger partial charge in [0.1, 0.15) is 33.5 Å². The molecule has 0 fully saturated rings. The molecule has 0 aliphatic rings. The Morgan fingerprint density at radius 3 is 2.53 bits per heavy atom. The van der Waals surface area contributed by atoms with Gasteiger partial charge in [-0.3, -0.25) is 14.4 Å². The van der Waals surface area contributed by atoms with E-state index in [0.29, 0.717) is 16.9 Å². The van der Waals surface area contributed by atoms with Crippen molar-refractivity contribution in [2.45, 2.75) is 25.6 Å². The topological polar surface area (TPSA) is 165 Å². The molecule has 3 rings (SSSR count). The van der Waals surface area contributed by atoms with Gasteiger partial charge in [-0.05, 0) is 13.0 Å². The Hall–Kier alpha value is -3.85. The first-order valence-electron chi connectivity index (χ1n) is 10.1. The number of anilines is 2. The number of nitrogens with two attached hydrogens (primary N) is 1. The Morgan fingerprint density at radius 2 is 1.83 bits per heavy atom. The van der Waals surface area contributed by atoms with Crippen molar-refractivity contribution in [2.75, 3.05) is 17.2 Å². The van der Waals surface area contributed by atoms with Crippen molar-refractivity contribution < 1.29 is 27.6 Å². The first kappa shape index (κ1) is 26.7. The summed E-state index contributed by atoms with van der Waals surface area (Å²) in [6, 6.07) is 1.39. The minimum absolute atomic E-state index is 0.0437. The third-order valence-electron chi connectivity index (χ3n) is 4.44. The number of primary amides is 1. The van der Waals surface area contributed by atoms with Crippen molar-refractivity contribution in [1.29, 1.82) is 0 Å². The molecule has 0 aromatic carbocycles. The Bertz CT molecular complexity index is 1290. The predicted molar refractivity (Wildman–Crippen MR) is 125 cm³/mol. The fourth-order valence-electron chi connectivity index (χ4n) is 2.72. The molecule has 190 valence electrons. The van der Waals surface area contributed by atoms with Gasteiger partial charge in [-0.25, -0.2) is 19.9 Å². The molecule has 0 saturated heterocycles. The number of carbonyl (C=O) groups is 3. The second-order valence-corrected chi connectivity index (χ2v) is 8.66. The first-order chi connectivity index (χ1) is 16.9. The summed E-state index contributed by atoms with van der Waals surface area (Å²) in [4.78, 5) is 51.6. The summed E-state index contributed by atoms with van der Waals surface area (Å²) in [5, 5.41) is 7.56. The van der Waals surface area contributed by atoms with E-state index in [-0.39, 0.29) is 29.4 Å². The van der Waals surface area contributed by atoms with E-state index in [1.54, 1.807) is 6.92 Å². The van der Waals surface area contributed by atoms with Crippen molar-refractivity contribution in [1.82, 2.24) is 25.3 Å². The summed E-state index contributed by atoms with van der Waals surface area (Å²) in [6.07, 6.45) is -1.44. The van der Waals surface area contributed by atoms with Crippen LogP contribution in [0.5, 0.6) is 0 Å². The molecule has 0 aliphatic heterocycles. The highest BCUT2D eigenvalue weighted by atomic mass is 35.5. The van der Waals surface area contributed by atoms with Gasteiger partial charge < -0.3 is 21.7 Å². The SMILES string of the molecule is CC(NC(=O)c1cc(NCCC(N)=O)ncn1)c1ncc(C(=O)Nc2cc(C(F)(F)F)c(Cl)cn2)s1. The maximum Gasteiger partial charge on any atom is 0.418 e. The van der Waals surface area contributed by atoms with Crippen LogP contribution in [0.25, 0.3) is 0 Å². The Morgan fingerprint density at radius 1 is 1.08 bits per heavy atom. The van der Waals surface area contributed by atoms with E-state index in [1.165, 1.54) is 18.6 Å². The van der Waals surface area contributed by atoms with Crippen LogP contribution in [-0.2, 0) is 11.0 Å². The number of halogens is 4. The number of hydrogen-bond acceptors (Lipinski definition) is 9. The number of rotatable bonds is 9. The Balaban J connectivity index is 1.63. The van der Waals surface area contributed by atoms with Crippen LogP contribution in [0, 0.1) is 0 Å². The number of hydrogen-bond donors (Lipinski definition) is 4. The number of thiazole rings is 1. The number of aromatic nitrogens is 4. The summed E-state index contributed by atoms with van der Waals surface area (Å²) in [7, 11) is 0. The van der Waals surface area contributed by atoms with Crippen LogP contribution in [0.3, 0.4) is 0 Å². The van der Waals surface area contributed by atoms with Gasteiger partial charge >= 0.3 is 6.18 Å². The molecule has 3 amide bonds. The van der Waals surface area contributed by atoms with Gasteiger partial charge in [-0.2, -0.15) is 13.2 Å². The fourth-order valence-corrected chi connectivity index (χ4v) is 3.75. The lowest BCUT2D eigenvalue weighted by atomic mass is 10.2. The number of carbonyl (C=O) groups excluding carboxylic acids is 3. The molecule has 5 N–H and O–H groups in total. The minimum Gasteiger partial charge on any atom is -0.370 e. The predicted octanol–water partition coefficient (Wildman–Crippen LogP) is 3.03. The number of alkyl halides is 3. The van der Waals surface area contributed by atoms with Gasteiger partial charge in [0.25, 0.3) is 11.8 Å². The molecule has 36 heavy (non-hydrogen) atoms. The lowest BCUT2D eigenvalue weighted by Gasteiger charge is -2.11. The van der Waals surface area contributed by atoms with Crippen LogP contribution in [-0.4, -0.2) is 44.2 Å². The molecule has 0 saturated carbocycles. The molecule has 3 aromatic rings. The van der Waals surface area contributed by atoms with E-state index in [2.05, 4.69) is 35.9 Å². The lowest BCUT2D eigenvalue weighted by Crippen LogP contribution is -2.27. The maximum absolute atomic E-state index is 13.0. The van der Waals surface area contributed by atoms with Crippen LogP contribution >= 0.6 is 22.9 Å². The van der Waals surface area contributed by atoms with E-state index in [0.717, 1.165) is 17.5 Å². The third kappa shape index (κ3) is 7.08. The highest BCUT2D eigenvalue weighted by Gasteiger charge is 2.34. The van der Waals surface area contributed by atoms with Gasteiger partial charge in [0.05, 0.1) is 22.8 Å². The van der Waals surface area contributed by atoms with Crippen LogP contribution in [0.1, 0.15) is 50.1 Å². The summed E-state index contributed by atoms with van der Waals surface area (Å²) in [5.74, 6) is -1.79. The van der Waals surface area contributed by atoms with Crippen LogP contribution in [0.2, 0.25) is 5.02 Å². The van der Waals surface area contributed by atoms with Crippen LogP contribution in [0.15, 0.2) is 30.9 Å². The van der Waals surface area contributed by atoms with E-state index in [4.69, 9.17) is 17.3 Å². The highest BCUT2D eigenvalue weighted by Crippen LogP contribution is 2.35. The third-order valence-corrected chi connectivity index (χ3v) is 5.92. The quantitative estimate of drug-likeness (QED) is 0.320. The molecule has 0 spiro atoms. The molecule has 3 aromatic heterocycles. The van der Waals surface area contributed by atoms with Gasteiger partial charge in [-0.1, -0.05) is 11.6 Å². The van der Waals surface area contributed by atoms with Crippen molar-refractivity contribution in [3.8, 4) is 0 Å². The molecule has 0 aliphatic carbocycles. The van der Waals surface area contributed by atoms with Crippen LogP contribution in [0.4, 0.5) is 24.8 Å². The summed E-state index contributed by atoms with van der Waals surface area (Å²) >= 11 is 6.47. The maximum atomic E-state index is 13.0. The summed E-state index contributed by atoms with van der Waals surface area (Å²) < 4.78 is 39.1. The van der Waals surface area contributed by atoms with Crippen molar-refractivity contribution in [3.63, 3.8) is 0 Å². The molecule has 0 radical (unpaired) electrons. The van der Waals surface area contributed by atoms with Gasteiger partial charge in [0.15, 0.2) is 0 Å². The Kier molecular flexibility index (Phi) is 8.37. The van der Waals surface area contributed by atoms with Gasteiger partial charge in [-0.15, -0.1) is 11.3 Å². The zero-order valence-corrected chi connectivity index (χ0v) is 20.0. The molecule has 1 atom stereocenters. The second kappa shape index (κ2) is 11.3. The minimum atomic E-state index is -4.71. The van der Waals surface area contributed by atoms with E-state index in [1.807, 2.05) is 0 Å². The molecule has 1 unspecified atom stereocenters. The normalized spacial score (nSPS) is 12.0. The van der Waals surface area contributed by atoms with Crippen molar-refractivity contribution >= 4 is 52.3 Å². The van der Waals surface area contributed by atoms with Crippen LogP contribution < -0.4 is 21.7 Å². The molecule has 0 bridgehead atoms. The lowest BCUT2D eigenvalue weighted by molar-refractivity contribution is -0.137. The second-order valence-electron chi connectivity index (χ2n) is 7.19. The highest BCUT2D eigenvalue weighted by molar-refractivity contribution is 7.13. The molecular weight excluding hydrogens is 525 g/mol. The number of nitrogens with zero attached hydrogens (tertiary/aromatic N) is 4. The van der Waals surface area contributed by atoms with E-state index < -0.39 is 40.5 Å². The average molecular weight is 543 g/mol. The number of pyridine rings is 1. The van der Waals surface area contributed by atoms with Crippen molar-refractivity contribution in [3.05, 3.63) is 57.0 Å². The Labute approximate surface area is 210 Å². The summed E-state index contributed by atoms with van der Waals surface area (Å²) in [6.45, 7) is 1.86. The first-order valence-corrected chi connectivity index (χ1v) is 11.3. The van der Waals surface area contributed by atoms with Gasteiger partial charge in [0.2, 0.25) is 5.91 Å². The zero-order chi connectivity index (χ0) is 26.5. The number of nitrogens with one attached hydrogen (secondary N) is 3. The standard InChI is InChI=1S/C20H18ClF3N8O3S/c1-9(31-17(34)12-5-15(30-8-29-12)26-3-2-14(25)33)19-28-7-13(36-19)18(35)32-16-4-10(20(22,23)24)11(21)6-27-16/h4-9H,2-3H2,1H3,(H2,25,33)(H,31,34)(H,26,29,30)(H,27,32,35). The fraction of sp³-hybridized carbons (Fsp3) is 0.250. The van der Waals surface area contributed by atoms with Gasteiger partial charge in [0, 0.05) is 25.2 Å².